The molecule has 0 aliphatic carbocycles. The van der Waals surface area contributed by atoms with E-state index in [1.807, 2.05) is 0 Å². The van der Waals surface area contributed by atoms with Gasteiger partial charge >= 0.3 is 0 Å². The van der Waals surface area contributed by atoms with Crippen molar-refractivity contribution in [3.63, 3.8) is 0 Å². The maximum atomic E-state index is 2.50. The average Bonchev–Trinajstić information content (AvgIpc) is 2.81. The Bertz CT molecular complexity index is 1170. The number of rotatable bonds is 8. The third-order valence-electron chi connectivity index (χ3n) is 7.94. The van der Waals surface area contributed by atoms with Crippen LogP contribution in [-0.4, -0.2) is 0 Å². The minimum atomic E-state index is 0.414. The van der Waals surface area contributed by atoms with Gasteiger partial charge in [0.05, 0.1) is 0 Å². The molecule has 0 heterocycles. The van der Waals surface area contributed by atoms with Gasteiger partial charge in [-0.05, 0) is 98.1 Å². The van der Waals surface area contributed by atoms with Crippen LogP contribution >= 0.6 is 0 Å². The average molecular weight is 497 g/mol. The molecule has 0 saturated heterocycles. The van der Waals surface area contributed by atoms with Gasteiger partial charge in [0.1, 0.15) is 0 Å². The van der Waals surface area contributed by atoms with Gasteiger partial charge in [-0.25, -0.2) is 0 Å². The first-order chi connectivity index (χ1) is 17.3. The molecule has 37 heavy (non-hydrogen) atoms. The fourth-order valence-corrected chi connectivity index (χ4v) is 5.95. The fraction of sp³-hybridized carbons (Fsp3) is 0.514. The number of benzene rings is 3. The third kappa shape index (κ3) is 5.89. The molecule has 3 aromatic rings. The third-order valence-corrected chi connectivity index (χ3v) is 7.94. The van der Waals surface area contributed by atoms with Crippen LogP contribution in [0.5, 0.6) is 0 Å². The summed E-state index contributed by atoms with van der Waals surface area (Å²) in [4.78, 5) is 0. The van der Waals surface area contributed by atoms with Gasteiger partial charge in [0.15, 0.2) is 0 Å². The maximum Gasteiger partial charge on any atom is -0.0111 e. The van der Waals surface area contributed by atoms with Crippen LogP contribution in [0, 0.1) is 6.92 Å². The topological polar surface area (TPSA) is 0 Å². The highest BCUT2D eigenvalue weighted by atomic mass is 14.3. The van der Waals surface area contributed by atoms with E-state index >= 15 is 0 Å². The monoisotopic (exact) mass is 496 g/mol. The zero-order valence-electron chi connectivity index (χ0n) is 26.0. The summed E-state index contributed by atoms with van der Waals surface area (Å²) in [5.41, 5.74) is 16.1. The van der Waals surface area contributed by atoms with Crippen molar-refractivity contribution < 1.29 is 0 Å². The second kappa shape index (κ2) is 11.6. The van der Waals surface area contributed by atoms with E-state index in [0.717, 1.165) is 0 Å². The molecular formula is C37H52. The van der Waals surface area contributed by atoms with Crippen LogP contribution in [0.2, 0.25) is 0 Å². The van der Waals surface area contributed by atoms with Crippen LogP contribution in [0.3, 0.4) is 0 Å². The predicted molar refractivity (Wildman–Crippen MR) is 167 cm³/mol. The molecule has 200 valence electrons. The largest absolute Gasteiger partial charge is 0.0610 e. The molecule has 0 aliphatic rings. The molecule has 0 fully saturated rings. The summed E-state index contributed by atoms with van der Waals surface area (Å²) in [6.45, 7) is 30.5. The van der Waals surface area contributed by atoms with Gasteiger partial charge in [-0.1, -0.05) is 131 Å². The molecule has 0 nitrogen and oxygen atoms in total. The van der Waals surface area contributed by atoms with Gasteiger partial charge in [-0.3, -0.25) is 0 Å². The normalized spacial score (nSPS) is 12.3. The summed E-state index contributed by atoms with van der Waals surface area (Å²) in [5.74, 6) is 2.81. The molecular weight excluding hydrogens is 444 g/mol. The second-order valence-corrected chi connectivity index (χ2v) is 13.1. The van der Waals surface area contributed by atoms with Crippen molar-refractivity contribution in [2.45, 2.75) is 126 Å². The Morgan fingerprint density at radius 3 is 1.08 bits per heavy atom. The van der Waals surface area contributed by atoms with Gasteiger partial charge in [0.25, 0.3) is 0 Å². The van der Waals surface area contributed by atoms with Gasteiger partial charge < -0.3 is 0 Å². The predicted octanol–water partition coefficient (Wildman–Crippen LogP) is 12.1. The van der Waals surface area contributed by atoms with Crippen molar-refractivity contribution in [2.24, 2.45) is 0 Å². The van der Waals surface area contributed by atoms with Gasteiger partial charge in [0.2, 0.25) is 0 Å². The van der Waals surface area contributed by atoms with E-state index in [1.54, 1.807) is 0 Å². The van der Waals surface area contributed by atoms with Gasteiger partial charge in [-0.15, -0.1) is 0 Å². The van der Waals surface area contributed by atoms with E-state index in [1.165, 1.54) is 61.2 Å². The molecule has 0 N–H and O–H groups in total. The van der Waals surface area contributed by atoms with Crippen LogP contribution in [0.25, 0.3) is 22.3 Å². The standard InChI is InChI=1S/C37H52/c1-21(2)28-19-33(24(7)8)37(34(20-28)25(9)10)30-16-14-15-29(35(30)26(11)12)36-31(22(3)4)17-27(13)18-32(36)23(5)6/h14-26H,1-13H3. The lowest BCUT2D eigenvalue weighted by Gasteiger charge is -2.29. The highest BCUT2D eigenvalue weighted by Crippen LogP contribution is 2.47. The molecule has 0 heteroatoms. The van der Waals surface area contributed by atoms with E-state index in [-0.39, 0.29) is 0 Å². The first-order valence-corrected chi connectivity index (χ1v) is 14.7. The highest BCUT2D eigenvalue weighted by molar-refractivity contribution is 5.85. The van der Waals surface area contributed by atoms with E-state index in [2.05, 4.69) is 132 Å². The minimum Gasteiger partial charge on any atom is -0.0610 e. The molecule has 0 amide bonds. The Morgan fingerprint density at radius 1 is 0.432 bits per heavy atom. The van der Waals surface area contributed by atoms with Crippen molar-refractivity contribution in [2.75, 3.05) is 0 Å². The van der Waals surface area contributed by atoms with Crippen molar-refractivity contribution >= 4 is 0 Å². The first-order valence-electron chi connectivity index (χ1n) is 14.7. The summed E-state index contributed by atoms with van der Waals surface area (Å²) in [7, 11) is 0. The van der Waals surface area contributed by atoms with Crippen molar-refractivity contribution in [3.05, 3.63) is 81.4 Å². The van der Waals surface area contributed by atoms with Gasteiger partial charge in [-0.2, -0.15) is 0 Å². The van der Waals surface area contributed by atoms with Crippen LogP contribution in [0.1, 0.15) is 158 Å². The van der Waals surface area contributed by atoms with Crippen molar-refractivity contribution in [1.82, 2.24) is 0 Å². The molecule has 0 aromatic heterocycles. The molecule has 0 unspecified atom stereocenters. The Hall–Kier alpha value is -2.34. The molecule has 0 bridgehead atoms. The van der Waals surface area contributed by atoms with Crippen LogP contribution in [0.15, 0.2) is 42.5 Å². The lowest BCUT2D eigenvalue weighted by atomic mass is 9.75. The van der Waals surface area contributed by atoms with Crippen molar-refractivity contribution in [3.8, 4) is 22.3 Å². The summed E-state index contributed by atoms with van der Waals surface area (Å²) in [5, 5.41) is 0. The Morgan fingerprint density at radius 2 is 0.784 bits per heavy atom. The van der Waals surface area contributed by atoms with Crippen LogP contribution in [0.4, 0.5) is 0 Å². The van der Waals surface area contributed by atoms with Crippen LogP contribution < -0.4 is 0 Å². The number of hydrogen-bond acceptors (Lipinski definition) is 0. The van der Waals surface area contributed by atoms with E-state index in [0.29, 0.717) is 35.5 Å². The zero-order chi connectivity index (χ0) is 27.8. The summed E-state index contributed by atoms with van der Waals surface area (Å²) in [6.07, 6.45) is 0. The number of aryl methyl sites for hydroxylation is 1. The highest BCUT2D eigenvalue weighted by Gasteiger charge is 2.25. The molecule has 0 atom stereocenters. The van der Waals surface area contributed by atoms with Crippen molar-refractivity contribution in [1.29, 1.82) is 0 Å². The Labute approximate surface area is 228 Å². The SMILES string of the molecule is Cc1cc(C(C)C)c(-c2cccc(-c3c(C(C)C)cc(C(C)C)cc3C(C)C)c2C(C)C)c(C(C)C)c1. The number of hydrogen-bond donors (Lipinski definition) is 0. The van der Waals surface area contributed by atoms with E-state index in [4.69, 9.17) is 0 Å². The zero-order valence-corrected chi connectivity index (χ0v) is 26.0. The summed E-state index contributed by atoms with van der Waals surface area (Å²) in [6, 6.07) is 17.0. The van der Waals surface area contributed by atoms with Gasteiger partial charge in [0, 0.05) is 0 Å². The van der Waals surface area contributed by atoms with E-state index < -0.39 is 0 Å². The first kappa shape index (κ1) is 29.2. The molecule has 3 aromatic carbocycles. The summed E-state index contributed by atoms with van der Waals surface area (Å²) >= 11 is 0. The van der Waals surface area contributed by atoms with E-state index in [9.17, 15) is 0 Å². The quantitative estimate of drug-likeness (QED) is 0.291. The Kier molecular flexibility index (Phi) is 9.15. The molecule has 0 saturated carbocycles. The molecule has 3 rings (SSSR count). The fourth-order valence-electron chi connectivity index (χ4n) is 5.95. The summed E-state index contributed by atoms with van der Waals surface area (Å²) < 4.78 is 0. The lowest BCUT2D eigenvalue weighted by Crippen LogP contribution is -2.08. The molecule has 0 radical (unpaired) electrons. The van der Waals surface area contributed by atoms with Crippen LogP contribution in [-0.2, 0) is 0 Å². The molecule has 0 spiro atoms. The maximum absolute atomic E-state index is 2.50. The lowest BCUT2D eigenvalue weighted by molar-refractivity contribution is 0.804. The second-order valence-electron chi connectivity index (χ2n) is 13.1. The Balaban J connectivity index is 2.53. The minimum absolute atomic E-state index is 0.414. The molecule has 0 aliphatic heterocycles. The smallest absolute Gasteiger partial charge is 0.0111 e.